The van der Waals surface area contributed by atoms with Crippen molar-refractivity contribution in [3.05, 3.63) is 88.5 Å². The number of hydrogen-bond donors (Lipinski definition) is 1. The molecule has 7 nitrogen and oxygen atoms in total. The molecule has 0 atom stereocenters. The smallest absolute Gasteiger partial charge is 0.283 e. The predicted molar refractivity (Wildman–Crippen MR) is 137 cm³/mol. The van der Waals surface area contributed by atoms with Gasteiger partial charge in [-0.2, -0.15) is 15.1 Å². The number of carbonyl (C=O) groups excluding carboxylic acids is 1. The van der Waals surface area contributed by atoms with Crippen molar-refractivity contribution >= 4 is 39.8 Å². The summed E-state index contributed by atoms with van der Waals surface area (Å²) in [6, 6.07) is 16.1. The maximum absolute atomic E-state index is 14.4. The number of nitrogens with zero attached hydrogens (tertiary/aromatic N) is 4. The molecule has 1 aromatic heterocycles. The molecule has 5 rings (SSSR count). The van der Waals surface area contributed by atoms with Gasteiger partial charge in [0.2, 0.25) is 5.17 Å². The molecule has 0 bridgehead atoms. The molecule has 2 aliphatic heterocycles. The Morgan fingerprint density at radius 3 is 2.63 bits per heavy atom. The van der Waals surface area contributed by atoms with Gasteiger partial charge in [0, 0.05) is 11.4 Å². The molecule has 3 heterocycles. The van der Waals surface area contributed by atoms with Gasteiger partial charge >= 0.3 is 0 Å². The number of aryl methyl sites for hydroxylation is 2. The van der Waals surface area contributed by atoms with Crippen molar-refractivity contribution in [2.45, 2.75) is 20.8 Å². The minimum Gasteiger partial charge on any atom is -0.486 e. The zero-order chi connectivity index (χ0) is 24.7. The van der Waals surface area contributed by atoms with Crippen LogP contribution in [0.1, 0.15) is 22.5 Å². The zero-order valence-electron chi connectivity index (χ0n) is 19.4. The highest BCUT2D eigenvalue weighted by molar-refractivity contribution is 8.27. The Kier molecular flexibility index (Phi) is 5.86. The van der Waals surface area contributed by atoms with Gasteiger partial charge in [-0.15, -0.1) is 0 Å². The molecular formula is C26H22FN5O2S. The van der Waals surface area contributed by atoms with Gasteiger partial charge in [0.1, 0.15) is 23.2 Å². The van der Waals surface area contributed by atoms with E-state index in [9.17, 15) is 9.18 Å². The molecule has 0 saturated carbocycles. The molecule has 35 heavy (non-hydrogen) atoms. The summed E-state index contributed by atoms with van der Waals surface area (Å²) < 4.78 is 22.1. The fraction of sp³-hybridized carbons (Fsp3) is 0.154. The minimum atomic E-state index is -0.513. The van der Waals surface area contributed by atoms with E-state index in [4.69, 9.17) is 10.1 Å². The maximum atomic E-state index is 14.4. The van der Waals surface area contributed by atoms with Crippen LogP contribution in [-0.2, 0) is 4.79 Å². The van der Waals surface area contributed by atoms with E-state index in [0.29, 0.717) is 21.5 Å². The Hall–Kier alpha value is -3.98. The first-order valence-electron chi connectivity index (χ1n) is 10.9. The van der Waals surface area contributed by atoms with Crippen LogP contribution in [0.25, 0.3) is 11.8 Å². The number of aliphatic imine (C=N–C) groups is 1. The monoisotopic (exact) mass is 487 g/mol. The molecule has 2 aliphatic rings. The van der Waals surface area contributed by atoms with Gasteiger partial charge in [0.15, 0.2) is 5.84 Å². The van der Waals surface area contributed by atoms with Crippen LogP contribution in [0.5, 0.6) is 5.75 Å². The minimum absolute atomic E-state index is 0.0610. The standard InChI is InChI=1S/C26H22FN5O2S/c1-15-8-4-7-11-22(15)34-14-23-30-32-24(28)19(25(33)29-26(32)35-23)13-18-12-16(2)31(17(18)3)21-10-6-5-9-20(21)27/h4-13,28H,14H2,1-3H3. The summed E-state index contributed by atoms with van der Waals surface area (Å²) >= 11 is 1.21. The first-order chi connectivity index (χ1) is 16.8. The summed E-state index contributed by atoms with van der Waals surface area (Å²) in [5.74, 6) is -0.164. The third kappa shape index (κ3) is 4.19. The number of amidine groups is 2. The van der Waals surface area contributed by atoms with Crippen LogP contribution in [0.3, 0.4) is 0 Å². The lowest BCUT2D eigenvalue weighted by Gasteiger charge is -2.20. The van der Waals surface area contributed by atoms with Crippen molar-refractivity contribution in [3.63, 3.8) is 0 Å². The summed E-state index contributed by atoms with van der Waals surface area (Å²) in [6.45, 7) is 5.88. The van der Waals surface area contributed by atoms with Crippen molar-refractivity contribution < 1.29 is 13.9 Å². The van der Waals surface area contributed by atoms with Gasteiger partial charge < -0.3 is 9.30 Å². The Balaban J connectivity index is 1.41. The normalized spacial score (nSPS) is 16.5. The van der Waals surface area contributed by atoms with Gasteiger partial charge in [-0.25, -0.2) is 4.39 Å². The summed E-state index contributed by atoms with van der Waals surface area (Å²) in [4.78, 5) is 17.0. The maximum Gasteiger partial charge on any atom is 0.283 e. The number of amides is 1. The average molecular weight is 488 g/mol. The Morgan fingerprint density at radius 1 is 1.11 bits per heavy atom. The van der Waals surface area contributed by atoms with Crippen molar-refractivity contribution in [2.75, 3.05) is 6.61 Å². The van der Waals surface area contributed by atoms with E-state index in [1.54, 1.807) is 28.8 Å². The first kappa shape index (κ1) is 22.8. The lowest BCUT2D eigenvalue weighted by molar-refractivity contribution is -0.114. The van der Waals surface area contributed by atoms with Crippen LogP contribution in [0, 0.1) is 32.0 Å². The van der Waals surface area contributed by atoms with Crippen LogP contribution >= 0.6 is 11.8 Å². The number of hydrogen-bond acceptors (Lipinski definition) is 5. The van der Waals surface area contributed by atoms with Crippen molar-refractivity contribution in [1.82, 2.24) is 9.58 Å². The van der Waals surface area contributed by atoms with E-state index in [1.165, 1.54) is 22.8 Å². The second kappa shape index (κ2) is 8.99. The number of aromatic nitrogens is 1. The molecule has 2 aromatic carbocycles. The summed E-state index contributed by atoms with van der Waals surface area (Å²) in [6.07, 6.45) is 1.62. The van der Waals surface area contributed by atoms with Gasteiger partial charge in [0.05, 0.1) is 11.3 Å². The topological polar surface area (TPSA) is 83.0 Å². The molecule has 0 fully saturated rings. The molecular weight excluding hydrogens is 465 g/mol. The van der Waals surface area contributed by atoms with E-state index in [0.717, 1.165) is 22.7 Å². The number of fused-ring (bicyclic) bond motifs is 1. The van der Waals surface area contributed by atoms with Gasteiger partial charge in [-0.1, -0.05) is 30.3 Å². The number of benzene rings is 2. The third-order valence-corrected chi connectivity index (χ3v) is 6.69. The van der Waals surface area contributed by atoms with Gasteiger partial charge in [-0.3, -0.25) is 10.2 Å². The number of para-hydroxylation sites is 2. The number of carbonyl (C=O) groups is 1. The largest absolute Gasteiger partial charge is 0.486 e. The molecule has 0 aliphatic carbocycles. The third-order valence-electron chi connectivity index (χ3n) is 5.80. The predicted octanol–water partition coefficient (Wildman–Crippen LogP) is 5.24. The number of hydrazone groups is 1. The Bertz CT molecular complexity index is 1470. The lowest BCUT2D eigenvalue weighted by Crippen LogP contribution is -2.35. The first-order valence-corrected chi connectivity index (χ1v) is 11.8. The molecule has 0 unspecified atom stereocenters. The number of nitrogens with one attached hydrogen (secondary N) is 1. The summed E-state index contributed by atoms with van der Waals surface area (Å²) in [5.41, 5.74) is 3.82. The zero-order valence-corrected chi connectivity index (χ0v) is 20.2. The number of halogens is 1. The molecule has 9 heteroatoms. The lowest BCUT2D eigenvalue weighted by atomic mass is 10.1. The van der Waals surface area contributed by atoms with Crippen molar-refractivity contribution in [3.8, 4) is 11.4 Å². The van der Waals surface area contributed by atoms with E-state index >= 15 is 0 Å². The summed E-state index contributed by atoms with van der Waals surface area (Å²) in [5, 5.41) is 15.4. The molecule has 1 amide bonds. The second-order valence-electron chi connectivity index (χ2n) is 8.18. The number of rotatable bonds is 5. The molecule has 3 aromatic rings. The van der Waals surface area contributed by atoms with Crippen LogP contribution in [0.2, 0.25) is 0 Å². The molecule has 1 N–H and O–H groups in total. The highest BCUT2D eigenvalue weighted by atomic mass is 32.2. The van der Waals surface area contributed by atoms with Crippen LogP contribution in [0.4, 0.5) is 4.39 Å². The molecule has 176 valence electrons. The Morgan fingerprint density at radius 2 is 1.86 bits per heavy atom. The summed E-state index contributed by atoms with van der Waals surface area (Å²) in [7, 11) is 0. The average Bonchev–Trinajstić information content (AvgIpc) is 3.36. The Labute approximate surface area is 206 Å². The fourth-order valence-electron chi connectivity index (χ4n) is 4.04. The van der Waals surface area contributed by atoms with Gasteiger partial charge in [0.25, 0.3) is 5.91 Å². The quantitative estimate of drug-likeness (QED) is 0.499. The van der Waals surface area contributed by atoms with Crippen LogP contribution in [0.15, 0.2) is 70.3 Å². The number of ether oxygens (including phenoxy) is 1. The van der Waals surface area contributed by atoms with Gasteiger partial charge in [-0.05, 0) is 74.0 Å². The van der Waals surface area contributed by atoms with E-state index < -0.39 is 5.91 Å². The van der Waals surface area contributed by atoms with Crippen LogP contribution < -0.4 is 4.74 Å². The second-order valence-corrected chi connectivity index (χ2v) is 9.22. The van der Waals surface area contributed by atoms with Crippen LogP contribution in [-0.4, -0.2) is 38.1 Å². The highest BCUT2D eigenvalue weighted by Gasteiger charge is 2.36. The fourth-order valence-corrected chi connectivity index (χ4v) is 4.84. The molecule has 0 radical (unpaired) electrons. The van der Waals surface area contributed by atoms with Crippen molar-refractivity contribution in [1.29, 1.82) is 5.41 Å². The molecule has 0 saturated heterocycles. The van der Waals surface area contributed by atoms with E-state index in [2.05, 4.69) is 10.1 Å². The number of thioether (sulfide) groups is 1. The molecule has 0 spiro atoms. The highest BCUT2D eigenvalue weighted by Crippen LogP contribution is 2.30. The van der Waals surface area contributed by atoms with Crippen molar-refractivity contribution in [2.24, 2.45) is 10.1 Å². The van der Waals surface area contributed by atoms with E-state index in [-0.39, 0.29) is 23.8 Å². The van der Waals surface area contributed by atoms with E-state index in [1.807, 2.05) is 51.1 Å². The SMILES string of the molecule is Cc1ccccc1OCC1=NN2C(=N)C(=Cc3cc(C)n(-c4ccccc4F)c3C)C(=O)N=C2S1.